The van der Waals surface area contributed by atoms with Crippen LogP contribution in [0.25, 0.3) is 0 Å². The minimum atomic E-state index is -0.971. The first-order chi connectivity index (χ1) is 11.5. The number of ether oxygens (including phenoxy) is 2. The molecule has 6 nitrogen and oxygen atoms in total. The summed E-state index contributed by atoms with van der Waals surface area (Å²) in [7, 11) is 1.53. The third-order valence-corrected chi connectivity index (χ3v) is 3.36. The average molecular weight is 349 g/mol. The zero-order chi connectivity index (χ0) is 17.5. The number of methoxy groups -OCH3 is 1. The molecule has 7 heteroatoms. The van der Waals surface area contributed by atoms with Gasteiger partial charge in [0, 0.05) is 0 Å². The Morgan fingerprint density at radius 1 is 1.33 bits per heavy atom. The number of carboxylic acid groups (broad SMARTS) is 1. The van der Waals surface area contributed by atoms with Gasteiger partial charge in [0.05, 0.1) is 36.2 Å². The second-order valence-electron chi connectivity index (χ2n) is 4.72. The molecule has 0 aliphatic rings. The van der Waals surface area contributed by atoms with Crippen LogP contribution in [0.5, 0.6) is 11.5 Å². The Hall–Kier alpha value is -2.73. The first-order valence-corrected chi connectivity index (χ1v) is 7.55. The number of hydrazone groups is 1. The number of halogens is 1. The van der Waals surface area contributed by atoms with E-state index in [0.29, 0.717) is 28.8 Å². The molecule has 0 bridgehead atoms. The quantitative estimate of drug-likeness (QED) is 0.586. The Kier molecular flexibility index (Phi) is 6.03. The molecule has 0 heterocycles. The lowest BCUT2D eigenvalue weighted by atomic mass is 10.2. The van der Waals surface area contributed by atoms with E-state index in [2.05, 4.69) is 10.5 Å². The van der Waals surface area contributed by atoms with Gasteiger partial charge in [-0.05, 0) is 48.9 Å². The van der Waals surface area contributed by atoms with E-state index in [0.717, 1.165) is 5.56 Å². The maximum Gasteiger partial charge on any atom is 0.335 e. The van der Waals surface area contributed by atoms with Crippen LogP contribution in [0.1, 0.15) is 22.8 Å². The number of benzene rings is 2. The van der Waals surface area contributed by atoms with E-state index in [9.17, 15) is 4.79 Å². The van der Waals surface area contributed by atoms with Crippen molar-refractivity contribution in [3.8, 4) is 11.5 Å². The van der Waals surface area contributed by atoms with E-state index >= 15 is 0 Å². The Bertz CT molecular complexity index is 745. The van der Waals surface area contributed by atoms with Crippen molar-refractivity contribution in [3.05, 3.63) is 52.5 Å². The van der Waals surface area contributed by atoms with Crippen molar-refractivity contribution in [2.75, 3.05) is 19.1 Å². The minimum Gasteiger partial charge on any atom is -0.491 e. The fourth-order valence-electron chi connectivity index (χ4n) is 1.99. The van der Waals surface area contributed by atoms with Crippen LogP contribution in [-0.2, 0) is 0 Å². The Morgan fingerprint density at radius 3 is 2.62 bits per heavy atom. The molecule has 2 aromatic carbocycles. The molecule has 0 unspecified atom stereocenters. The van der Waals surface area contributed by atoms with Crippen LogP contribution in [0, 0.1) is 0 Å². The largest absolute Gasteiger partial charge is 0.491 e. The van der Waals surface area contributed by atoms with Crippen molar-refractivity contribution in [2.45, 2.75) is 6.92 Å². The van der Waals surface area contributed by atoms with Gasteiger partial charge in [-0.15, -0.1) is 0 Å². The molecule has 126 valence electrons. The molecule has 24 heavy (non-hydrogen) atoms. The van der Waals surface area contributed by atoms with Crippen molar-refractivity contribution >= 4 is 29.5 Å². The molecule has 0 fully saturated rings. The molecule has 0 aliphatic heterocycles. The summed E-state index contributed by atoms with van der Waals surface area (Å²) in [6.07, 6.45) is 1.58. The Balaban J connectivity index is 2.12. The minimum absolute atomic E-state index is 0.216. The number of carbonyl (C=O) groups is 1. The van der Waals surface area contributed by atoms with Crippen molar-refractivity contribution in [2.24, 2.45) is 5.10 Å². The van der Waals surface area contributed by atoms with Crippen LogP contribution >= 0.6 is 11.6 Å². The number of hydrogen-bond acceptors (Lipinski definition) is 5. The zero-order valence-electron chi connectivity index (χ0n) is 13.2. The lowest BCUT2D eigenvalue weighted by molar-refractivity contribution is 0.0697. The van der Waals surface area contributed by atoms with E-state index in [-0.39, 0.29) is 5.56 Å². The molecule has 2 rings (SSSR count). The van der Waals surface area contributed by atoms with E-state index in [1.807, 2.05) is 6.92 Å². The highest BCUT2D eigenvalue weighted by molar-refractivity contribution is 6.32. The molecule has 2 aromatic rings. The van der Waals surface area contributed by atoms with Crippen LogP contribution in [0.3, 0.4) is 0 Å². The molecule has 0 radical (unpaired) electrons. The summed E-state index contributed by atoms with van der Waals surface area (Å²) >= 11 is 6.17. The predicted octanol–water partition coefficient (Wildman–Crippen LogP) is 3.89. The number of hydrogen-bond donors (Lipinski definition) is 2. The first kappa shape index (κ1) is 17.6. The smallest absolute Gasteiger partial charge is 0.335 e. The highest BCUT2D eigenvalue weighted by atomic mass is 35.5. The fraction of sp³-hybridized carbons (Fsp3) is 0.176. The summed E-state index contributed by atoms with van der Waals surface area (Å²) in [4.78, 5) is 10.8. The number of aromatic carboxylic acids is 1. The van der Waals surface area contributed by atoms with Gasteiger partial charge in [0.1, 0.15) is 0 Å². The normalized spacial score (nSPS) is 10.6. The van der Waals surface area contributed by atoms with E-state index < -0.39 is 5.97 Å². The van der Waals surface area contributed by atoms with E-state index in [1.54, 1.807) is 30.5 Å². The van der Waals surface area contributed by atoms with Gasteiger partial charge in [-0.2, -0.15) is 5.10 Å². The summed E-state index contributed by atoms with van der Waals surface area (Å²) in [6.45, 7) is 2.36. The maximum atomic E-state index is 10.8. The van der Waals surface area contributed by atoms with Crippen LogP contribution < -0.4 is 14.9 Å². The SMILES string of the molecule is CCOc1cc(/C=N\Nc2ccc(C(=O)O)cc2)cc(Cl)c1OC. The molecule has 0 amide bonds. The highest BCUT2D eigenvalue weighted by Gasteiger charge is 2.10. The summed E-state index contributed by atoms with van der Waals surface area (Å²) in [5.41, 5.74) is 4.44. The van der Waals surface area contributed by atoms with Gasteiger partial charge in [0.15, 0.2) is 11.5 Å². The van der Waals surface area contributed by atoms with E-state index in [4.69, 9.17) is 26.2 Å². The molecule has 2 N–H and O–H groups in total. The van der Waals surface area contributed by atoms with Crippen molar-refractivity contribution in [3.63, 3.8) is 0 Å². The third kappa shape index (κ3) is 4.39. The standard InChI is InChI=1S/C17H17ClN2O4/c1-3-24-15-9-11(8-14(18)16(15)23-2)10-19-20-13-6-4-12(5-7-13)17(21)22/h4-10,20H,3H2,1-2H3,(H,21,22)/b19-10-. The second-order valence-corrected chi connectivity index (χ2v) is 5.13. The summed E-state index contributed by atoms with van der Waals surface area (Å²) < 4.78 is 10.7. The van der Waals surface area contributed by atoms with Gasteiger partial charge in [-0.1, -0.05) is 11.6 Å². The van der Waals surface area contributed by atoms with Gasteiger partial charge in [0.25, 0.3) is 0 Å². The first-order valence-electron chi connectivity index (χ1n) is 7.18. The molecular formula is C17H17ClN2O4. The summed E-state index contributed by atoms with van der Waals surface area (Å²) in [6, 6.07) is 9.74. The average Bonchev–Trinajstić information content (AvgIpc) is 2.55. The lowest BCUT2D eigenvalue weighted by Gasteiger charge is -2.11. The third-order valence-electron chi connectivity index (χ3n) is 3.07. The van der Waals surface area contributed by atoms with Crippen molar-refractivity contribution in [1.82, 2.24) is 0 Å². The Morgan fingerprint density at radius 2 is 2.04 bits per heavy atom. The van der Waals surface area contributed by atoms with Crippen LogP contribution in [0.4, 0.5) is 5.69 Å². The van der Waals surface area contributed by atoms with Gasteiger partial charge in [-0.3, -0.25) is 5.43 Å². The van der Waals surface area contributed by atoms with Gasteiger partial charge in [-0.25, -0.2) is 4.79 Å². The molecule has 0 aromatic heterocycles. The highest BCUT2D eigenvalue weighted by Crippen LogP contribution is 2.35. The second kappa shape index (κ2) is 8.21. The van der Waals surface area contributed by atoms with Gasteiger partial charge >= 0.3 is 5.97 Å². The number of nitrogens with zero attached hydrogens (tertiary/aromatic N) is 1. The molecule has 0 atom stereocenters. The van der Waals surface area contributed by atoms with Gasteiger partial charge in [0.2, 0.25) is 0 Å². The number of rotatable bonds is 7. The molecule has 0 spiro atoms. The maximum absolute atomic E-state index is 10.8. The van der Waals surface area contributed by atoms with Crippen molar-refractivity contribution < 1.29 is 19.4 Å². The van der Waals surface area contributed by atoms with Gasteiger partial charge < -0.3 is 14.6 Å². The van der Waals surface area contributed by atoms with Crippen LogP contribution in [0.2, 0.25) is 5.02 Å². The Labute approximate surface area is 144 Å². The molecule has 0 aliphatic carbocycles. The number of nitrogens with one attached hydrogen (secondary N) is 1. The number of carboxylic acids is 1. The zero-order valence-corrected chi connectivity index (χ0v) is 14.0. The van der Waals surface area contributed by atoms with Crippen LogP contribution in [-0.4, -0.2) is 31.0 Å². The fourth-order valence-corrected chi connectivity index (χ4v) is 2.29. The lowest BCUT2D eigenvalue weighted by Crippen LogP contribution is -1.98. The predicted molar refractivity (Wildman–Crippen MR) is 93.8 cm³/mol. The summed E-state index contributed by atoms with van der Waals surface area (Å²) in [5.74, 6) is 0.0500. The molecule has 0 saturated carbocycles. The van der Waals surface area contributed by atoms with Crippen molar-refractivity contribution in [1.29, 1.82) is 0 Å². The molecular weight excluding hydrogens is 332 g/mol. The monoisotopic (exact) mass is 348 g/mol. The van der Waals surface area contributed by atoms with Crippen LogP contribution in [0.15, 0.2) is 41.5 Å². The summed E-state index contributed by atoms with van der Waals surface area (Å²) in [5, 5.41) is 13.4. The topological polar surface area (TPSA) is 80.2 Å². The van der Waals surface area contributed by atoms with E-state index in [1.165, 1.54) is 19.2 Å². The molecule has 0 saturated heterocycles. The number of anilines is 1.